The van der Waals surface area contributed by atoms with E-state index in [9.17, 15) is 9.90 Å². The number of halogens is 2. The van der Waals surface area contributed by atoms with Crippen LogP contribution in [0.3, 0.4) is 0 Å². The molecule has 2 bridgehead atoms. The van der Waals surface area contributed by atoms with Crippen LogP contribution in [0.25, 0.3) is 16.8 Å². The molecule has 134 valence electrons. The van der Waals surface area contributed by atoms with Crippen LogP contribution < -0.4 is 0 Å². The number of aliphatic hydroxyl groups excluding tert-OH is 1. The van der Waals surface area contributed by atoms with Crippen molar-refractivity contribution in [1.29, 1.82) is 0 Å². The molecular formula is C21H19Cl2NO2. The van der Waals surface area contributed by atoms with Gasteiger partial charge in [0.1, 0.15) is 5.76 Å². The van der Waals surface area contributed by atoms with Crippen LogP contribution in [-0.4, -0.2) is 15.9 Å². The fraction of sp³-hybridized carbons (Fsp3) is 0.333. The highest BCUT2D eigenvalue weighted by Gasteiger charge is 2.41. The predicted octanol–water partition coefficient (Wildman–Crippen LogP) is 5.89. The minimum Gasteiger partial charge on any atom is -0.511 e. The number of pyridine rings is 1. The Hall–Kier alpha value is -1.84. The van der Waals surface area contributed by atoms with Gasteiger partial charge >= 0.3 is 0 Å². The van der Waals surface area contributed by atoms with E-state index in [1.165, 1.54) is 0 Å². The van der Waals surface area contributed by atoms with Crippen LogP contribution in [0, 0.1) is 11.8 Å². The largest absolute Gasteiger partial charge is 0.511 e. The van der Waals surface area contributed by atoms with E-state index in [0.717, 1.165) is 42.4 Å². The number of carbonyl (C=O) groups is 1. The zero-order valence-corrected chi connectivity index (χ0v) is 15.9. The first-order valence-electron chi connectivity index (χ1n) is 8.91. The van der Waals surface area contributed by atoms with Gasteiger partial charge in [-0.2, -0.15) is 0 Å². The molecule has 0 saturated heterocycles. The van der Waals surface area contributed by atoms with Gasteiger partial charge in [0.2, 0.25) is 0 Å². The number of carbonyl (C=O) groups excluding carboxylic acids is 1. The summed E-state index contributed by atoms with van der Waals surface area (Å²) in [5.41, 5.74) is 3.76. The Balaban J connectivity index is 1.88. The van der Waals surface area contributed by atoms with E-state index in [-0.39, 0.29) is 23.4 Å². The van der Waals surface area contributed by atoms with Crippen LogP contribution in [0.5, 0.6) is 0 Å². The van der Waals surface area contributed by atoms with Crippen LogP contribution >= 0.6 is 23.2 Å². The summed E-state index contributed by atoms with van der Waals surface area (Å²) in [6.07, 6.45) is 4.86. The first kappa shape index (κ1) is 17.6. The molecule has 2 aliphatic carbocycles. The predicted molar refractivity (Wildman–Crippen MR) is 104 cm³/mol. The maximum absolute atomic E-state index is 12.9. The number of Topliss-reactive ketones (excluding diaryl/α,β-unsaturated/α-hetero) is 1. The van der Waals surface area contributed by atoms with E-state index in [4.69, 9.17) is 23.2 Å². The molecule has 2 atom stereocenters. The number of aromatic nitrogens is 1. The van der Waals surface area contributed by atoms with Crippen molar-refractivity contribution >= 4 is 34.6 Å². The summed E-state index contributed by atoms with van der Waals surface area (Å²) in [6.45, 7) is 2.05. The molecule has 1 N–H and O–H groups in total. The molecular weight excluding hydrogens is 369 g/mol. The maximum Gasteiger partial charge on any atom is 0.169 e. The number of aryl methyl sites for hydroxylation is 1. The van der Waals surface area contributed by atoms with Crippen LogP contribution in [-0.2, 0) is 11.2 Å². The number of benzene rings is 1. The Labute approximate surface area is 162 Å². The highest BCUT2D eigenvalue weighted by molar-refractivity contribution is 6.36. The molecule has 1 aromatic heterocycles. The molecule has 3 nitrogen and oxygen atoms in total. The van der Waals surface area contributed by atoms with Crippen molar-refractivity contribution in [2.24, 2.45) is 11.8 Å². The van der Waals surface area contributed by atoms with Gasteiger partial charge in [0.05, 0.1) is 21.3 Å². The molecule has 2 aliphatic rings. The number of rotatable bonds is 3. The van der Waals surface area contributed by atoms with Gasteiger partial charge in [0.25, 0.3) is 0 Å². The standard InChI is InChI=1S/C21H19Cl2NO2/c1-2-11-3-4-12(19-17(23)9-15(22)10-24-19)8-16(11)18-20(25)13-5-6-14(7-13)21(18)26/h3-4,8-10,13-14,25H,2,5-7H2,1H3. The SMILES string of the molecule is CCc1ccc(-c2ncc(Cl)cc2Cl)cc1C1=C(O)C2CCC(C2)C1=O. The number of hydrogen-bond donors (Lipinski definition) is 1. The van der Waals surface area contributed by atoms with Crippen molar-refractivity contribution in [3.8, 4) is 11.3 Å². The van der Waals surface area contributed by atoms with Crippen molar-refractivity contribution < 1.29 is 9.90 Å². The fourth-order valence-electron chi connectivity index (χ4n) is 4.16. The van der Waals surface area contributed by atoms with Gasteiger partial charge in [-0.25, -0.2) is 0 Å². The summed E-state index contributed by atoms with van der Waals surface area (Å²) in [7, 11) is 0. The van der Waals surface area contributed by atoms with Gasteiger partial charge in [-0.15, -0.1) is 0 Å². The van der Waals surface area contributed by atoms with E-state index in [0.29, 0.717) is 21.3 Å². The smallest absolute Gasteiger partial charge is 0.169 e. The molecule has 1 saturated carbocycles. The van der Waals surface area contributed by atoms with E-state index in [2.05, 4.69) is 4.98 Å². The van der Waals surface area contributed by atoms with Gasteiger partial charge in [0, 0.05) is 23.6 Å². The number of allylic oxidation sites excluding steroid dienone is 2. The molecule has 4 rings (SSSR count). The minimum atomic E-state index is 0.0384. The number of fused-ring (bicyclic) bond motifs is 2. The summed E-state index contributed by atoms with van der Waals surface area (Å²) >= 11 is 12.3. The zero-order chi connectivity index (χ0) is 18.4. The van der Waals surface area contributed by atoms with Gasteiger partial charge in [0.15, 0.2) is 5.78 Å². The van der Waals surface area contributed by atoms with Crippen LogP contribution in [0.1, 0.15) is 37.3 Å². The molecule has 0 aliphatic heterocycles. The quantitative estimate of drug-likeness (QED) is 0.714. The van der Waals surface area contributed by atoms with Crippen molar-refractivity contribution in [2.75, 3.05) is 0 Å². The molecule has 26 heavy (non-hydrogen) atoms. The highest BCUT2D eigenvalue weighted by atomic mass is 35.5. The number of ketones is 1. The fourth-order valence-corrected chi connectivity index (χ4v) is 4.65. The lowest BCUT2D eigenvalue weighted by molar-refractivity contribution is -0.117. The third-order valence-electron chi connectivity index (χ3n) is 5.53. The van der Waals surface area contributed by atoms with Gasteiger partial charge in [-0.05, 0) is 48.9 Å². The summed E-state index contributed by atoms with van der Waals surface area (Å²) in [4.78, 5) is 17.3. The lowest BCUT2D eigenvalue weighted by Crippen LogP contribution is -2.22. The molecule has 0 amide bonds. The summed E-state index contributed by atoms with van der Waals surface area (Å²) in [6, 6.07) is 7.52. The zero-order valence-electron chi connectivity index (χ0n) is 14.4. The average molecular weight is 388 g/mol. The Morgan fingerprint density at radius 2 is 1.96 bits per heavy atom. The Morgan fingerprint density at radius 1 is 1.19 bits per heavy atom. The molecule has 5 heteroatoms. The van der Waals surface area contributed by atoms with Crippen molar-refractivity contribution in [3.63, 3.8) is 0 Å². The second-order valence-corrected chi connectivity index (χ2v) is 7.88. The number of aliphatic hydroxyl groups is 1. The van der Waals surface area contributed by atoms with Gasteiger partial charge < -0.3 is 5.11 Å². The summed E-state index contributed by atoms with van der Waals surface area (Å²) in [5.74, 6) is 0.471. The van der Waals surface area contributed by atoms with E-state index < -0.39 is 0 Å². The third kappa shape index (κ3) is 2.83. The molecule has 0 radical (unpaired) electrons. The summed E-state index contributed by atoms with van der Waals surface area (Å²) < 4.78 is 0. The Kier molecular flexibility index (Phi) is 4.54. The second-order valence-electron chi connectivity index (χ2n) is 7.04. The molecule has 1 heterocycles. The number of hydrogen-bond acceptors (Lipinski definition) is 3. The number of nitrogens with zero attached hydrogens (tertiary/aromatic N) is 1. The highest BCUT2D eigenvalue weighted by Crippen LogP contribution is 2.46. The first-order valence-corrected chi connectivity index (χ1v) is 9.67. The van der Waals surface area contributed by atoms with Crippen molar-refractivity contribution in [1.82, 2.24) is 4.98 Å². The van der Waals surface area contributed by atoms with E-state index in [1.54, 1.807) is 12.3 Å². The molecule has 0 spiro atoms. The van der Waals surface area contributed by atoms with Gasteiger partial charge in [-0.3, -0.25) is 9.78 Å². The topological polar surface area (TPSA) is 50.2 Å². The third-order valence-corrected chi connectivity index (χ3v) is 6.03. The van der Waals surface area contributed by atoms with Crippen LogP contribution in [0.15, 0.2) is 36.2 Å². The van der Waals surface area contributed by atoms with Crippen LogP contribution in [0.4, 0.5) is 0 Å². The molecule has 1 aromatic carbocycles. The molecule has 2 aromatic rings. The Bertz CT molecular complexity index is 936. The van der Waals surface area contributed by atoms with Crippen molar-refractivity contribution in [2.45, 2.75) is 32.6 Å². The normalized spacial score (nSPS) is 22.2. The minimum absolute atomic E-state index is 0.0384. The lowest BCUT2D eigenvalue weighted by Gasteiger charge is -2.23. The van der Waals surface area contributed by atoms with E-state index >= 15 is 0 Å². The molecule has 2 unspecified atom stereocenters. The van der Waals surface area contributed by atoms with Gasteiger partial charge in [-0.1, -0.05) is 42.3 Å². The lowest BCUT2D eigenvalue weighted by atomic mass is 9.81. The first-order chi connectivity index (χ1) is 12.5. The Morgan fingerprint density at radius 3 is 2.69 bits per heavy atom. The average Bonchev–Trinajstić information content (AvgIpc) is 3.07. The second kappa shape index (κ2) is 6.71. The maximum atomic E-state index is 12.9. The molecule has 1 fully saturated rings. The summed E-state index contributed by atoms with van der Waals surface area (Å²) in [5, 5.41) is 11.7. The van der Waals surface area contributed by atoms with Crippen LogP contribution in [0.2, 0.25) is 10.0 Å². The van der Waals surface area contributed by atoms with Crippen molar-refractivity contribution in [3.05, 3.63) is 57.4 Å². The van der Waals surface area contributed by atoms with E-state index in [1.807, 2.05) is 25.1 Å². The monoisotopic (exact) mass is 387 g/mol.